The minimum absolute atomic E-state index is 0.0371. The zero-order valence-corrected chi connectivity index (χ0v) is 16.5. The lowest BCUT2D eigenvalue weighted by Crippen LogP contribution is -2.32. The Morgan fingerprint density at radius 1 is 0.875 bits per heavy atom. The zero-order valence-electron chi connectivity index (χ0n) is 16.5. The van der Waals surface area contributed by atoms with Crippen molar-refractivity contribution in [1.29, 1.82) is 5.26 Å². The average molecular weight is 332 g/mol. The summed E-state index contributed by atoms with van der Waals surface area (Å²) in [6.07, 6.45) is 21.6. The minimum Gasteiger partial charge on any atom is -0.198 e. The van der Waals surface area contributed by atoms with Crippen LogP contribution in [-0.4, -0.2) is 0 Å². The van der Waals surface area contributed by atoms with Crippen LogP contribution in [0.1, 0.15) is 117 Å². The van der Waals surface area contributed by atoms with Crippen LogP contribution in [0.4, 0.5) is 0 Å². The molecule has 0 aromatic heterocycles. The van der Waals surface area contributed by atoms with Crippen LogP contribution >= 0.6 is 0 Å². The molecule has 1 heteroatoms. The van der Waals surface area contributed by atoms with E-state index in [1.165, 1.54) is 103 Å². The molecule has 0 heterocycles. The number of nitriles is 1. The highest BCUT2D eigenvalue weighted by Crippen LogP contribution is 2.48. The third-order valence-electron chi connectivity index (χ3n) is 7.13. The van der Waals surface area contributed by atoms with Gasteiger partial charge in [0, 0.05) is 0 Å². The lowest BCUT2D eigenvalue weighted by molar-refractivity contribution is 0.102. The number of unbranched alkanes of at least 4 members (excludes halogenated alkanes) is 4. The molecule has 0 bridgehead atoms. The van der Waals surface area contributed by atoms with Gasteiger partial charge in [-0.3, -0.25) is 0 Å². The Bertz CT molecular complexity index is 374. The predicted octanol–water partition coefficient (Wildman–Crippen LogP) is 7.65. The molecule has 0 radical (unpaired) electrons. The largest absolute Gasteiger partial charge is 0.198 e. The van der Waals surface area contributed by atoms with Crippen molar-refractivity contribution in [2.75, 3.05) is 0 Å². The van der Waals surface area contributed by atoms with Gasteiger partial charge in [0.2, 0.25) is 0 Å². The Kier molecular flexibility index (Phi) is 8.65. The molecule has 2 fully saturated rings. The van der Waals surface area contributed by atoms with Gasteiger partial charge in [-0.1, -0.05) is 84.5 Å². The SMILES string of the molecule is CCCCCCC[C@]1(C#N)CCC[C@@H](C2CCC(CCC)CC2)C1. The Hall–Kier alpha value is -0.510. The van der Waals surface area contributed by atoms with Crippen molar-refractivity contribution < 1.29 is 0 Å². The summed E-state index contributed by atoms with van der Waals surface area (Å²) < 4.78 is 0. The summed E-state index contributed by atoms with van der Waals surface area (Å²) in [6.45, 7) is 4.60. The molecular weight excluding hydrogens is 290 g/mol. The Morgan fingerprint density at radius 2 is 1.62 bits per heavy atom. The van der Waals surface area contributed by atoms with Crippen LogP contribution in [0, 0.1) is 34.5 Å². The van der Waals surface area contributed by atoms with Crippen molar-refractivity contribution in [1.82, 2.24) is 0 Å². The summed E-state index contributed by atoms with van der Waals surface area (Å²) in [4.78, 5) is 0. The number of nitrogens with zero attached hydrogens (tertiary/aromatic N) is 1. The van der Waals surface area contributed by atoms with Crippen LogP contribution in [0.3, 0.4) is 0 Å². The van der Waals surface area contributed by atoms with E-state index in [0.29, 0.717) is 0 Å². The fourth-order valence-corrected chi connectivity index (χ4v) is 5.62. The molecule has 0 saturated heterocycles. The van der Waals surface area contributed by atoms with E-state index in [2.05, 4.69) is 19.9 Å². The van der Waals surface area contributed by atoms with Crippen molar-refractivity contribution in [2.24, 2.45) is 23.2 Å². The van der Waals surface area contributed by atoms with Gasteiger partial charge in [-0.2, -0.15) is 5.26 Å². The molecule has 2 rings (SSSR count). The van der Waals surface area contributed by atoms with Crippen molar-refractivity contribution >= 4 is 0 Å². The van der Waals surface area contributed by atoms with Gasteiger partial charge in [0.25, 0.3) is 0 Å². The zero-order chi connectivity index (χ0) is 17.3. The van der Waals surface area contributed by atoms with Gasteiger partial charge >= 0.3 is 0 Å². The van der Waals surface area contributed by atoms with E-state index in [1.807, 2.05) is 0 Å². The summed E-state index contributed by atoms with van der Waals surface area (Å²) in [5.74, 6) is 2.80. The monoisotopic (exact) mass is 331 g/mol. The maximum absolute atomic E-state index is 9.92. The van der Waals surface area contributed by atoms with E-state index < -0.39 is 0 Å². The molecule has 0 aromatic carbocycles. The third-order valence-corrected chi connectivity index (χ3v) is 7.13. The molecule has 24 heavy (non-hydrogen) atoms. The van der Waals surface area contributed by atoms with Gasteiger partial charge in [-0.15, -0.1) is 0 Å². The summed E-state index contributed by atoms with van der Waals surface area (Å²) in [5.41, 5.74) is 0.0371. The van der Waals surface area contributed by atoms with Gasteiger partial charge < -0.3 is 0 Å². The molecule has 0 N–H and O–H groups in total. The molecule has 0 spiro atoms. The first-order valence-corrected chi connectivity index (χ1v) is 11.1. The topological polar surface area (TPSA) is 23.8 Å². The van der Waals surface area contributed by atoms with Crippen molar-refractivity contribution in [3.63, 3.8) is 0 Å². The fourth-order valence-electron chi connectivity index (χ4n) is 5.62. The van der Waals surface area contributed by atoms with Crippen molar-refractivity contribution in [3.8, 4) is 6.07 Å². The first-order chi connectivity index (χ1) is 11.7. The van der Waals surface area contributed by atoms with Crippen LogP contribution in [0.25, 0.3) is 0 Å². The summed E-state index contributed by atoms with van der Waals surface area (Å²) >= 11 is 0. The fraction of sp³-hybridized carbons (Fsp3) is 0.957. The standard InChI is InChI=1S/C23H41N/c1-3-5-6-7-8-16-23(19-24)17-9-11-22(18-23)21-14-12-20(10-4-2)13-15-21/h20-22H,3-18H2,1-2H3/t20?,21?,22-,23+/m1/s1. The molecule has 1 nitrogen and oxygen atoms in total. The molecule has 2 atom stereocenters. The second-order valence-electron chi connectivity index (χ2n) is 8.98. The lowest BCUT2D eigenvalue weighted by atomic mass is 9.62. The molecule has 2 aliphatic rings. The summed E-state index contributed by atoms with van der Waals surface area (Å²) in [6, 6.07) is 2.81. The molecule has 0 amide bonds. The smallest absolute Gasteiger partial charge is 0.0689 e. The molecule has 2 saturated carbocycles. The second kappa shape index (κ2) is 10.5. The highest BCUT2D eigenvalue weighted by atomic mass is 14.5. The average Bonchev–Trinajstić information content (AvgIpc) is 2.63. The van der Waals surface area contributed by atoms with Crippen LogP contribution < -0.4 is 0 Å². The van der Waals surface area contributed by atoms with E-state index in [4.69, 9.17) is 0 Å². The minimum atomic E-state index is 0.0371. The predicted molar refractivity (Wildman–Crippen MR) is 104 cm³/mol. The first-order valence-electron chi connectivity index (χ1n) is 11.1. The van der Waals surface area contributed by atoms with E-state index in [1.54, 1.807) is 0 Å². The lowest BCUT2D eigenvalue weighted by Gasteiger charge is -2.42. The van der Waals surface area contributed by atoms with Gasteiger partial charge in [-0.05, 0) is 49.9 Å². The maximum Gasteiger partial charge on any atom is 0.0689 e. The van der Waals surface area contributed by atoms with E-state index >= 15 is 0 Å². The van der Waals surface area contributed by atoms with Gasteiger partial charge in [0.15, 0.2) is 0 Å². The summed E-state index contributed by atoms with van der Waals surface area (Å²) in [7, 11) is 0. The van der Waals surface area contributed by atoms with Crippen molar-refractivity contribution in [2.45, 2.75) is 117 Å². The normalized spacial score (nSPS) is 34.0. The number of hydrogen-bond acceptors (Lipinski definition) is 1. The van der Waals surface area contributed by atoms with Crippen LogP contribution in [0.2, 0.25) is 0 Å². The van der Waals surface area contributed by atoms with Gasteiger partial charge in [-0.25, -0.2) is 0 Å². The van der Waals surface area contributed by atoms with Crippen LogP contribution in [-0.2, 0) is 0 Å². The Morgan fingerprint density at radius 3 is 2.29 bits per heavy atom. The number of hydrogen-bond donors (Lipinski definition) is 0. The second-order valence-corrected chi connectivity index (χ2v) is 8.98. The molecule has 2 aliphatic carbocycles. The van der Waals surface area contributed by atoms with E-state index in [9.17, 15) is 5.26 Å². The molecule has 0 aromatic rings. The molecule has 0 unspecified atom stereocenters. The molecule has 0 aliphatic heterocycles. The molecule has 138 valence electrons. The summed E-state index contributed by atoms with van der Waals surface area (Å²) in [5, 5.41) is 9.92. The highest BCUT2D eigenvalue weighted by Gasteiger charge is 2.39. The van der Waals surface area contributed by atoms with E-state index in [-0.39, 0.29) is 5.41 Å². The Balaban J connectivity index is 1.80. The van der Waals surface area contributed by atoms with E-state index in [0.717, 1.165) is 17.8 Å². The van der Waals surface area contributed by atoms with Crippen LogP contribution in [0.15, 0.2) is 0 Å². The molecular formula is C23H41N. The Labute approximate surface area is 151 Å². The first kappa shape index (κ1) is 19.8. The number of rotatable bonds is 9. The quantitative estimate of drug-likeness (QED) is 0.398. The van der Waals surface area contributed by atoms with Crippen molar-refractivity contribution in [3.05, 3.63) is 0 Å². The third kappa shape index (κ3) is 5.79. The highest BCUT2D eigenvalue weighted by molar-refractivity contribution is 5.03. The van der Waals surface area contributed by atoms with Crippen LogP contribution in [0.5, 0.6) is 0 Å². The maximum atomic E-state index is 9.92. The van der Waals surface area contributed by atoms with Gasteiger partial charge in [0.05, 0.1) is 11.5 Å². The van der Waals surface area contributed by atoms with Gasteiger partial charge in [0.1, 0.15) is 0 Å².